The Morgan fingerprint density at radius 2 is 2.10 bits per heavy atom. The molecule has 0 spiro atoms. The summed E-state index contributed by atoms with van der Waals surface area (Å²) in [5, 5.41) is 12.1. The lowest BCUT2D eigenvalue weighted by molar-refractivity contribution is 0.250. The molecule has 0 atom stereocenters. The van der Waals surface area contributed by atoms with Crippen LogP contribution in [-0.4, -0.2) is 31.1 Å². The molecular formula is C15H23N5O. The van der Waals surface area contributed by atoms with Gasteiger partial charge in [0.05, 0.1) is 0 Å². The largest absolute Gasteiger partial charge is 0.356 e. The van der Waals surface area contributed by atoms with Gasteiger partial charge in [-0.2, -0.15) is 0 Å². The molecule has 0 unspecified atom stereocenters. The highest BCUT2D eigenvalue weighted by molar-refractivity contribution is 5.89. The highest BCUT2D eigenvalue weighted by atomic mass is 16.2. The summed E-state index contributed by atoms with van der Waals surface area (Å²) in [6.07, 6.45) is 1.09. The molecule has 114 valence electrons. The normalized spacial score (nSPS) is 14.1. The Bertz CT molecular complexity index is 495. The van der Waals surface area contributed by atoms with Crippen LogP contribution in [0.2, 0.25) is 0 Å². The van der Waals surface area contributed by atoms with E-state index >= 15 is 0 Å². The molecule has 0 fully saturated rings. The third-order valence-electron chi connectivity index (χ3n) is 2.99. The molecule has 1 aliphatic heterocycles. The zero-order valence-electron chi connectivity index (χ0n) is 12.6. The number of anilines is 1. The topological polar surface area (TPSA) is 77.6 Å². The predicted molar refractivity (Wildman–Crippen MR) is 85.5 cm³/mol. The molecule has 21 heavy (non-hydrogen) atoms. The number of nitrogens with one attached hydrogen (secondary N) is 4. The minimum absolute atomic E-state index is 0.122. The molecule has 1 aromatic rings. The van der Waals surface area contributed by atoms with Gasteiger partial charge in [-0.15, -0.1) is 0 Å². The molecule has 0 saturated carbocycles. The molecule has 1 aliphatic rings. The number of aliphatic imine (C=N–C) groups is 1. The van der Waals surface area contributed by atoms with E-state index in [0.717, 1.165) is 36.7 Å². The van der Waals surface area contributed by atoms with Crippen LogP contribution in [0.25, 0.3) is 0 Å². The first kappa shape index (κ1) is 15.2. The van der Waals surface area contributed by atoms with E-state index in [1.807, 2.05) is 38.1 Å². The van der Waals surface area contributed by atoms with E-state index < -0.39 is 0 Å². The molecule has 0 saturated heterocycles. The molecule has 6 nitrogen and oxygen atoms in total. The number of guanidine groups is 1. The minimum Gasteiger partial charge on any atom is -0.356 e. The van der Waals surface area contributed by atoms with E-state index in [-0.39, 0.29) is 12.1 Å². The van der Waals surface area contributed by atoms with Crippen LogP contribution in [0.4, 0.5) is 10.5 Å². The van der Waals surface area contributed by atoms with Gasteiger partial charge in [0.25, 0.3) is 0 Å². The van der Waals surface area contributed by atoms with Gasteiger partial charge in [0.2, 0.25) is 0 Å². The molecular weight excluding hydrogens is 266 g/mol. The van der Waals surface area contributed by atoms with Crippen molar-refractivity contribution < 1.29 is 4.79 Å². The molecule has 0 bridgehead atoms. The molecule has 0 aliphatic carbocycles. The summed E-state index contributed by atoms with van der Waals surface area (Å²) in [4.78, 5) is 15.9. The van der Waals surface area contributed by atoms with Crippen LogP contribution in [0.1, 0.15) is 25.8 Å². The Balaban J connectivity index is 1.81. The van der Waals surface area contributed by atoms with Crippen molar-refractivity contribution in [3.05, 3.63) is 29.8 Å². The van der Waals surface area contributed by atoms with Crippen LogP contribution >= 0.6 is 0 Å². The first-order chi connectivity index (χ1) is 10.1. The quantitative estimate of drug-likeness (QED) is 0.681. The highest BCUT2D eigenvalue weighted by Crippen LogP contribution is 2.09. The standard InChI is InChI=1S/C15H23N5O/c1-11(2)19-15(21)20-13-6-4-12(5-7-13)10-18-14-16-8-3-9-17-14/h4-7,11H,3,8-10H2,1-2H3,(H2,16,17,18)(H2,19,20,21). The fraction of sp³-hybridized carbons (Fsp3) is 0.467. The van der Waals surface area contributed by atoms with Crippen LogP contribution in [0, 0.1) is 0 Å². The summed E-state index contributed by atoms with van der Waals surface area (Å²) in [7, 11) is 0. The molecule has 6 heteroatoms. The fourth-order valence-electron chi connectivity index (χ4n) is 1.97. The maximum atomic E-state index is 11.6. The average molecular weight is 289 g/mol. The fourth-order valence-corrected chi connectivity index (χ4v) is 1.97. The smallest absolute Gasteiger partial charge is 0.319 e. The number of urea groups is 1. The monoisotopic (exact) mass is 289 g/mol. The van der Waals surface area contributed by atoms with Crippen LogP contribution in [0.15, 0.2) is 29.3 Å². The number of nitrogens with zero attached hydrogens (tertiary/aromatic N) is 1. The van der Waals surface area contributed by atoms with E-state index in [0.29, 0.717) is 6.54 Å². The molecule has 0 radical (unpaired) electrons. The summed E-state index contributed by atoms with van der Waals surface area (Å²) in [6.45, 7) is 6.42. The molecule has 2 rings (SSSR count). The molecule has 4 N–H and O–H groups in total. The second-order valence-corrected chi connectivity index (χ2v) is 5.31. The maximum absolute atomic E-state index is 11.6. The molecule has 0 aromatic heterocycles. The summed E-state index contributed by atoms with van der Waals surface area (Å²) in [6, 6.07) is 7.71. The van der Waals surface area contributed by atoms with Gasteiger partial charge in [-0.1, -0.05) is 12.1 Å². The van der Waals surface area contributed by atoms with Gasteiger partial charge in [-0.3, -0.25) is 4.99 Å². The van der Waals surface area contributed by atoms with Crippen LogP contribution < -0.4 is 21.3 Å². The van der Waals surface area contributed by atoms with Crippen molar-refractivity contribution in [2.75, 3.05) is 18.4 Å². The van der Waals surface area contributed by atoms with Crippen molar-refractivity contribution in [2.45, 2.75) is 32.9 Å². The zero-order valence-corrected chi connectivity index (χ0v) is 12.6. The van der Waals surface area contributed by atoms with Gasteiger partial charge >= 0.3 is 6.03 Å². The molecule has 2 amide bonds. The van der Waals surface area contributed by atoms with Crippen LogP contribution in [0.5, 0.6) is 0 Å². The van der Waals surface area contributed by atoms with Crippen molar-refractivity contribution in [2.24, 2.45) is 4.99 Å². The number of carbonyl (C=O) groups excluding carboxylic acids is 1. The van der Waals surface area contributed by atoms with Crippen LogP contribution in [-0.2, 0) is 6.54 Å². The summed E-state index contributed by atoms with van der Waals surface area (Å²) in [5.41, 5.74) is 1.92. The summed E-state index contributed by atoms with van der Waals surface area (Å²) in [5.74, 6) is 0.861. The number of carbonyl (C=O) groups is 1. The van der Waals surface area contributed by atoms with E-state index in [9.17, 15) is 4.79 Å². The van der Waals surface area contributed by atoms with Crippen LogP contribution in [0.3, 0.4) is 0 Å². The van der Waals surface area contributed by atoms with Crippen molar-refractivity contribution >= 4 is 17.7 Å². The lowest BCUT2D eigenvalue weighted by atomic mass is 10.2. The number of rotatable bonds is 4. The van der Waals surface area contributed by atoms with E-state index in [1.165, 1.54) is 0 Å². The Kier molecular flexibility index (Phi) is 5.43. The van der Waals surface area contributed by atoms with E-state index in [2.05, 4.69) is 26.3 Å². The van der Waals surface area contributed by atoms with Crippen molar-refractivity contribution in [1.29, 1.82) is 0 Å². The lowest BCUT2D eigenvalue weighted by Gasteiger charge is -2.16. The third-order valence-corrected chi connectivity index (χ3v) is 2.99. The predicted octanol–water partition coefficient (Wildman–Crippen LogP) is 1.66. The zero-order chi connectivity index (χ0) is 15.1. The van der Waals surface area contributed by atoms with Crippen molar-refractivity contribution in [3.8, 4) is 0 Å². The first-order valence-electron chi connectivity index (χ1n) is 7.32. The van der Waals surface area contributed by atoms with Gasteiger partial charge in [-0.25, -0.2) is 4.79 Å². The Labute approximate surface area is 125 Å². The Hall–Kier alpha value is -2.24. The minimum atomic E-state index is -0.184. The van der Waals surface area contributed by atoms with E-state index in [4.69, 9.17) is 0 Å². The van der Waals surface area contributed by atoms with Gasteiger partial charge in [-0.05, 0) is 38.0 Å². The average Bonchev–Trinajstić information content (AvgIpc) is 2.47. The maximum Gasteiger partial charge on any atom is 0.319 e. The molecule has 1 heterocycles. The first-order valence-corrected chi connectivity index (χ1v) is 7.32. The second-order valence-electron chi connectivity index (χ2n) is 5.31. The van der Waals surface area contributed by atoms with Gasteiger partial charge < -0.3 is 21.3 Å². The lowest BCUT2D eigenvalue weighted by Crippen LogP contribution is -2.40. The Morgan fingerprint density at radius 1 is 1.33 bits per heavy atom. The summed E-state index contributed by atoms with van der Waals surface area (Å²) < 4.78 is 0. The molecule has 1 aromatic carbocycles. The van der Waals surface area contributed by atoms with Gasteiger partial charge in [0, 0.05) is 31.4 Å². The van der Waals surface area contributed by atoms with Crippen molar-refractivity contribution in [1.82, 2.24) is 16.0 Å². The number of amides is 2. The Morgan fingerprint density at radius 3 is 2.71 bits per heavy atom. The number of hydrogen-bond acceptors (Lipinski definition) is 4. The summed E-state index contributed by atoms with van der Waals surface area (Å²) >= 11 is 0. The van der Waals surface area contributed by atoms with Gasteiger partial charge in [0.15, 0.2) is 5.96 Å². The number of benzene rings is 1. The second kappa shape index (κ2) is 7.52. The third kappa shape index (κ3) is 5.33. The van der Waals surface area contributed by atoms with Gasteiger partial charge in [0.1, 0.15) is 0 Å². The SMILES string of the molecule is CC(C)NC(=O)Nc1ccc(CNC2=NCCCN2)cc1. The highest BCUT2D eigenvalue weighted by Gasteiger charge is 2.05. The van der Waals surface area contributed by atoms with E-state index in [1.54, 1.807) is 0 Å². The van der Waals surface area contributed by atoms with Crippen molar-refractivity contribution in [3.63, 3.8) is 0 Å². The number of hydrogen-bond donors (Lipinski definition) is 4.